The molecule has 16 heavy (non-hydrogen) atoms. The summed E-state index contributed by atoms with van der Waals surface area (Å²) in [5, 5.41) is 10.2. The van der Waals surface area contributed by atoms with Crippen LogP contribution >= 0.6 is 0 Å². The van der Waals surface area contributed by atoms with E-state index in [4.69, 9.17) is 0 Å². The normalized spacial score (nSPS) is 12.4. The van der Waals surface area contributed by atoms with Crippen molar-refractivity contribution in [1.82, 2.24) is 0 Å². The van der Waals surface area contributed by atoms with Crippen molar-refractivity contribution in [3.8, 4) is 0 Å². The highest BCUT2D eigenvalue weighted by atomic mass is 16.3. The number of aryl methyl sites for hydroxylation is 2. The van der Waals surface area contributed by atoms with E-state index in [1.54, 1.807) is 0 Å². The first kappa shape index (κ1) is 10.9. The van der Waals surface area contributed by atoms with Crippen LogP contribution in [0.25, 0.3) is 0 Å². The minimum atomic E-state index is -0.527. The van der Waals surface area contributed by atoms with Gasteiger partial charge in [0.25, 0.3) is 0 Å². The molecule has 0 heterocycles. The van der Waals surface area contributed by atoms with Crippen molar-refractivity contribution in [2.75, 3.05) is 0 Å². The predicted octanol–water partition coefficient (Wildman–Crippen LogP) is 3.39. The van der Waals surface area contributed by atoms with Crippen LogP contribution in [-0.4, -0.2) is 5.11 Å². The van der Waals surface area contributed by atoms with Crippen LogP contribution in [0.1, 0.15) is 28.4 Å². The van der Waals surface area contributed by atoms with E-state index in [-0.39, 0.29) is 0 Å². The van der Waals surface area contributed by atoms with Gasteiger partial charge in [-0.2, -0.15) is 0 Å². The topological polar surface area (TPSA) is 20.2 Å². The molecule has 82 valence electrons. The third kappa shape index (κ3) is 2.31. The number of benzene rings is 2. The summed E-state index contributed by atoms with van der Waals surface area (Å²) in [4.78, 5) is 0. The van der Waals surface area contributed by atoms with E-state index >= 15 is 0 Å². The fourth-order valence-corrected chi connectivity index (χ4v) is 1.78. The monoisotopic (exact) mass is 212 g/mol. The van der Waals surface area contributed by atoms with Gasteiger partial charge in [0.15, 0.2) is 0 Å². The Morgan fingerprint density at radius 3 is 2.12 bits per heavy atom. The van der Waals surface area contributed by atoms with Gasteiger partial charge in [0.1, 0.15) is 6.10 Å². The summed E-state index contributed by atoms with van der Waals surface area (Å²) < 4.78 is 0. The summed E-state index contributed by atoms with van der Waals surface area (Å²) in [5.74, 6) is 0. The number of aliphatic hydroxyl groups excluding tert-OH is 1. The highest BCUT2D eigenvalue weighted by Crippen LogP contribution is 2.22. The molecule has 2 aromatic carbocycles. The molecule has 0 aliphatic carbocycles. The molecule has 0 radical (unpaired) electrons. The molecule has 1 heteroatoms. The van der Waals surface area contributed by atoms with Crippen molar-refractivity contribution >= 4 is 0 Å². The minimum absolute atomic E-state index is 0.527. The Kier molecular flexibility index (Phi) is 3.07. The summed E-state index contributed by atoms with van der Waals surface area (Å²) in [5.41, 5.74) is 4.27. The summed E-state index contributed by atoms with van der Waals surface area (Å²) in [6, 6.07) is 16.0. The lowest BCUT2D eigenvalue weighted by Crippen LogP contribution is -1.99. The van der Waals surface area contributed by atoms with Gasteiger partial charge in [0, 0.05) is 0 Å². The van der Waals surface area contributed by atoms with E-state index in [1.807, 2.05) is 62.4 Å². The molecule has 2 rings (SSSR count). The van der Waals surface area contributed by atoms with Gasteiger partial charge < -0.3 is 5.11 Å². The van der Waals surface area contributed by atoms with Gasteiger partial charge in [-0.25, -0.2) is 0 Å². The highest BCUT2D eigenvalue weighted by Gasteiger charge is 2.09. The molecule has 2 aromatic rings. The van der Waals surface area contributed by atoms with Crippen molar-refractivity contribution in [2.24, 2.45) is 0 Å². The highest BCUT2D eigenvalue weighted by molar-refractivity contribution is 5.33. The maximum absolute atomic E-state index is 10.2. The molecular weight excluding hydrogens is 196 g/mol. The third-order valence-corrected chi connectivity index (χ3v) is 2.75. The molecular formula is C15H16O. The first-order chi connectivity index (χ1) is 7.66. The zero-order valence-corrected chi connectivity index (χ0v) is 9.64. The van der Waals surface area contributed by atoms with Crippen molar-refractivity contribution < 1.29 is 5.11 Å². The maximum Gasteiger partial charge on any atom is 0.104 e. The van der Waals surface area contributed by atoms with Crippen LogP contribution in [0.15, 0.2) is 48.5 Å². The summed E-state index contributed by atoms with van der Waals surface area (Å²) in [7, 11) is 0. The summed E-state index contributed by atoms with van der Waals surface area (Å²) in [6.07, 6.45) is -0.527. The zero-order valence-electron chi connectivity index (χ0n) is 9.64. The molecule has 0 spiro atoms. The second kappa shape index (κ2) is 4.50. The second-order valence-electron chi connectivity index (χ2n) is 4.23. The number of hydrogen-bond acceptors (Lipinski definition) is 1. The molecule has 0 aromatic heterocycles. The Morgan fingerprint density at radius 2 is 1.50 bits per heavy atom. The van der Waals surface area contributed by atoms with Gasteiger partial charge in [-0.15, -0.1) is 0 Å². The average molecular weight is 212 g/mol. The molecule has 0 saturated heterocycles. The van der Waals surface area contributed by atoms with E-state index in [1.165, 1.54) is 11.1 Å². The molecule has 0 amide bonds. The molecule has 0 saturated carbocycles. The molecule has 1 N–H and O–H groups in total. The lowest BCUT2D eigenvalue weighted by molar-refractivity contribution is 0.220. The summed E-state index contributed by atoms with van der Waals surface area (Å²) in [6.45, 7) is 4.08. The van der Waals surface area contributed by atoms with Crippen molar-refractivity contribution in [1.29, 1.82) is 0 Å². The maximum atomic E-state index is 10.2. The Balaban J connectivity index is 2.31. The lowest BCUT2D eigenvalue weighted by Gasteiger charge is -2.12. The molecule has 0 fully saturated rings. The molecule has 0 bridgehead atoms. The van der Waals surface area contributed by atoms with Crippen LogP contribution in [0.4, 0.5) is 0 Å². The molecule has 0 aliphatic heterocycles. The fraction of sp³-hybridized carbons (Fsp3) is 0.200. The Labute approximate surface area is 96.4 Å². The Hall–Kier alpha value is -1.60. The fourth-order valence-electron chi connectivity index (χ4n) is 1.78. The van der Waals surface area contributed by atoms with Gasteiger partial charge in [-0.05, 0) is 25.0 Å². The van der Waals surface area contributed by atoms with Crippen molar-refractivity contribution in [3.63, 3.8) is 0 Å². The molecule has 1 nitrogen and oxygen atoms in total. The molecule has 0 unspecified atom stereocenters. The first-order valence-electron chi connectivity index (χ1n) is 5.48. The van der Waals surface area contributed by atoms with Crippen LogP contribution in [0.3, 0.4) is 0 Å². The van der Waals surface area contributed by atoms with Crippen LogP contribution in [0.2, 0.25) is 0 Å². The quantitative estimate of drug-likeness (QED) is 0.809. The third-order valence-electron chi connectivity index (χ3n) is 2.75. The smallest absolute Gasteiger partial charge is 0.104 e. The summed E-state index contributed by atoms with van der Waals surface area (Å²) >= 11 is 0. The first-order valence-corrected chi connectivity index (χ1v) is 5.48. The zero-order chi connectivity index (χ0) is 11.5. The standard InChI is InChI=1S/C15H16O/c1-11-6-8-13(9-7-11)15(16)14-5-3-4-12(2)10-14/h3-10,15-16H,1-2H3/t15-/m1/s1. The van der Waals surface area contributed by atoms with Gasteiger partial charge in [-0.1, -0.05) is 59.7 Å². The van der Waals surface area contributed by atoms with Crippen LogP contribution in [-0.2, 0) is 0 Å². The second-order valence-corrected chi connectivity index (χ2v) is 4.23. The number of rotatable bonds is 2. The SMILES string of the molecule is Cc1ccc([C@@H](O)c2cccc(C)c2)cc1. The predicted molar refractivity (Wildman–Crippen MR) is 66.4 cm³/mol. The Bertz CT molecular complexity index is 471. The van der Waals surface area contributed by atoms with E-state index in [9.17, 15) is 5.11 Å². The number of aliphatic hydroxyl groups is 1. The van der Waals surface area contributed by atoms with E-state index in [0.717, 1.165) is 11.1 Å². The molecule has 0 aliphatic rings. The van der Waals surface area contributed by atoms with Gasteiger partial charge in [-0.3, -0.25) is 0 Å². The minimum Gasteiger partial charge on any atom is -0.384 e. The average Bonchev–Trinajstić information content (AvgIpc) is 2.29. The van der Waals surface area contributed by atoms with E-state index in [2.05, 4.69) is 0 Å². The van der Waals surface area contributed by atoms with Crippen LogP contribution in [0.5, 0.6) is 0 Å². The van der Waals surface area contributed by atoms with Crippen LogP contribution < -0.4 is 0 Å². The van der Waals surface area contributed by atoms with Gasteiger partial charge in [0.05, 0.1) is 0 Å². The van der Waals surface area contributed by atoms with Crippen molar-refractivity contribution in [3.05, 3.63) is 70.8 Å². The van der Waals surface area contributed by atoms with Gasteiger partial charge in [0.2, 0.25) is 0 Å². The Morgan fingerprint density at radius 1 is 0.812 bits per heavy atom. The largest absolute Gasteiger partial charge is 0.384 e. The van der Waals surface area contributed by atoms with Crippen LogP contribution in [0, 0.1) is 13.8 Å². The molecule has 1 atom stereocenters. The van der Waals surface area contributed by atoms with E-state index < -0.39 is 6.10 Å². The van der Waals surface area contributed by atoms with Gasteiger partial charge >= 0.3 is 0 Å². The van der Waals surface area contributed by atoms with Crippen molar-refractivity contribution in [2.45, 2.75) is 20.0 Å². The lowest BCUT2D eigenvalue weighted by atomic mass is 9.99. The number of hydrogen-bond donors (Lipinski definition) is 1. The van der Waals surface area contributed by atoms with E-state index in [0.29, 0.717) is 0 Å².